The molecule has 1 rings (SSSR count). The third kappa shape index (κ3) is 2.45. The van der Waals surface area contributed by atoms with E-state index in [0.717, 1.165) is 26.2 Å². The lowest BCUT2D eigenvalue weighted by atomic mass is 10.1. The molecule has 1 aliphatic heterocycles. The molecule has 14 heavy (non-hydrogen) atoms. The molecule has 4 nitrogen and oxygen atoms in total. The lowest BCUT2D eigenvalue weighted by molar-refractivity contribution is 0.0649. The van der Waals surface area contributed by atoms with Crippen LogP contribution in [0.5, 0.6) is 0 Å². The smallest absolute Gasteiger partial charge is 0.128 e. The molecule has 1 N–H and O–H groups in total. The Balaban J connectivity index is 2.54. The van der Waals surface area contributed by atoms with Crippen molar-refractivity contribution >= 4 is 5.84 Å². The number of methoxy groups -OCH3 is 1. The van der Waals surface area contributed by atoms with E-state index in [1.165, 1.54) is 0 Å². The number of hydrogen-bond acceptors (Lipinski definition) is 3. The Morgan fingerprint density at radius 1 is 1.21 bits per heavy atom. The third-order valence-electron chi connectivity index (χ3n) is 2.90. The van der Waals surface area contributed by atoms with Crippen molar-refractivity contribution in [3.05, 3.63) is 0 Å². The van der Waals surface area contributed by atoms with Crippen LogP contribution in [0, 0.1) is 5.41 Å². The zero-order chi connectivity index (χ0) is 10.8. The monoisotopic (exact) mass is 199 g/mol. The molecule has 0 radical (unpaired) electrons. The van der Waals surface area contributed by atoms with Gasteiger partial charge >= 0.3 is 0 Å². The topological polar surface area (TPSA) is 39.6 Å². The molecule has 0 bridgehead atoms. The van der Waals surface area contributed by atoms with E-state index in [0.29, 0.717) is 5.84 Å². The first kappa shape index (κ1) is 11.5. The van der Waals surface area contributed by atoms with Crippen LogP contribution in [-0.2, 0) is 4.74 Å². The van der Waals surface area contributed by atoms with Crippen LogP contribution >= 0.6 is 0 Å². The second-order valence-electron chi connectivity index (χ2n) is 4.35. The van der Waals surface area contributed by atoms with Crippen LogP contribution in [0.25, 0.3) is 0 Å². The van der Waals surface area contributed by atoms with Crippen LogP contribution < -0.4 is 0 Å². The van der Waals surface area contributed by atoms with E-state index >= 15 is 0 Å². The van der Waals surface area contributed by atoms with E-state index < -0.39 is 5.60 Å². The van der Waals surface area contributed by atoms with Gasteiger partial charge in [0.25, 0.3) is 0 Å². The molecule has 0 aromatic rings. The summed E-state index contributed by atoms with van der Waals surface area (Å²) in [5, 5.41) is 8.03. The summed E-state index contributed by atoms with van der Waals surface area (Å²) in [4.78, 5) is 4.38. The van der Waals surface area contributed by atoms with Crippen molar-refractivity contribution < 1.29 is 4.74 Å². The van der Waals surface area contributed by atoms with Gasteiger partial charge in [-0.3, -0.25) is 5.41 Å². The number of amidine groups is 1. The SMILES string of the molecule is COC(C)(C)C(=N)N1CCN(C)CC1. The van der Waals surface area contributed by atoms with Gasteiger partial charge in [-0.25, -0.2) is 0 Å². The highest BCUT2D eigenvalue weighted by Gasteiger charge is 2.29. The van der Waals surface area contributed by atoms with Gasteiger partial charge in [0.2, 0.25) is 0 Å². The van der Waals surface area contributed by atoms with Crippen molar-refractivity contribution in [3.8, 4) is 0 Å². The van der Waals surface area contributed by atoms with Crippen molar-refractivity contribution in [2.24, 2.45) is 0 Å². The Labute approximate surface area is 86.3 Å². The molecular formula is C10H21N3O. The molecule has 1 heterocycles. The van der Waals surface area contributed by atoms with Gasteiger partial charge in [-0.2, -0.15) is 0 Å². The number of piperazine rings is 1. The molecule has 4 heteroatoms. The maximum Gasteiger partial charge on any atom is 0.128 e. The van der Waals surface area contributed by atoms with Crippen molar-refractivity contribution in [2.75, 3.05) is 40.3 Å². The van der Waals surface area contributed by atoms with E-state index in [2.05, 4.69) is 16.8 Å². The molecule has 1 saturated heterocycles. The van der Waals surface area contributed by atoms with Gasteiger partial charge in [0.15, 0.2) is 0 Å². The molecule has 82 valence electrons. The summed E-state index contributed by atoms with van der Waals surface area (Å²) in [5.74, 6) is 0.591. The number of hydrogen-bond donors (Lipinski definition) is 1. The molecule has 0 amide bonds. The van der Waals surface area contributed by atoms with Gasteiger partial charge in [0, 0.05) is 33.3 Å². The first-order chi connectivity index (χ1) is 6.47. The van der Waals surface area contributed by atoms with Gasteiger partial charge < -0.3 is 14.5 Å². The minimum Gasteiger partial charge on any atom is -0.371 e. The maximum absolute atomic E-state index is 8.03. The highest BCUT2D eigenvalue weighted by Crippen LogP contribution is 2.14. The van der Waals surface area contributed by atoms with Crippen molar-refractivity contribution in [3.63, 3.8) is 0 Å². The van der Waals surface area contributed by atoms with Gasteiger partial charge in [-0.05, 0) is 20.9 Å². The van der Waals surface area contributed by atoms with E-state index in [-0.39, 0.29) is 0 Å². The van der Waals surface area contributed by atoms with Crippen LogP contribution in [0.1, 0.15) is 13.8 Å². The highest BCUT2D eigenvalue weighted by atomic mass is 16.5. The maximum atomic E-state index is 8.03. The van der Waals surface area contributed by atoms with Crippen LogP contribution in [-0.4, -0.2) is 61.6 Å². The van der Waals surface area contributed by atoms with Crippen molar-refractivity contribution in [1.82, 2.24) is 9.80 Å². The summed E-state index contributed by atoms with van der Waals surface area (Å²) in [6, 6.07) is 0. The number of likely N-dealkylation sites (N-methyl/N-ethyl adjacent to an activating group) is 1. The minimum atomic E-state index is -0.462. The fourth-order valence-corrected chi connectivity index (χ4v) is 1.51. The Morgan fingerprint density at radius 2 is 1.71 bits per heavy atom. The molecular weight excluding hydrogens is 178 g/mol. The van der Waals surface area contributed by atoms with Crippen LogP contribution in [0.4, 0.5) is 0 Å². The first-order valence-corrected chi connectivity index (χ1v) is 5.05. The number of nitrogens with one attached hydrogen (secondary N) is 1. The highest BCUT2D eigenvalue weighted by molar-refractivity contribution is 5.87. The van der Waals surface area contributed by atoms with Crippen LogP contribution in [0.3, 0.4) is 0 Å². The summed E-state index contributed by atoms with van der Waals surface area (Å²) in [6.45, 7) is 7.80. The lowest BCUT2D eigenvalue weighted by Gasteiger charge is -2.38. The quantitative estimate of drug-likeness (QED) is 0.524. The van der Waals surface area contributed by atoms with Gasteiger partial charge in [-0.15, -0.1) is 0 Å². The molecule has 0 aromatic carbocycles. The third-order valence-corrected chi connectivity index (χ3v) is 2.90. The average Bonchev–Trinajstić information content (AvgIpc) is 2.18. The second kappa shape index (κ2) is 4.28. The normalized spacial score (nSPS) is 19.9. The Hall–Kier alpha value is -0.610. The van der Waals surface area contributed by atoms with Crippen molar-refractivity contribution in [1.29, 1.82) is 5.41 Å². The predicted molar refractivity (Wildman–Crippen MR) is 57.9 cm³/mol. The fraction of sp³-hybridized carbons (Fsp3) is 0.900. The number of nitrogens with zero attached hydrogens (tertiary/aromatic N) is 2. The number of ether oxygens (including phenoxy) is 1. The van der Waals surface area contributed by atoms with Gasteiger partial charge in [0.1, 0.15) is 11.4 Å². The predicted octanol–water partition coefficient (Wildman–Crippen LogP) is 0.636. The van der Waals surface area contributed by atoms with Crippen molar-refractivity contribution in [2.45, 2.75) is 19.4 Å². The summed E-state index contributed by atoms with van der Waals surface area (Å²) >= 11 is 0. The number of rotatable bonds is 2. The second-order valence-corrected chi connectivity index (χ2v) is 4.35. The molecule has 0 aromatic heterocycles. The zero-order valence-electron chi connectivity index (χ0n) is 9.63. The van der Waals surface area contributed by atoms with Gasteiger partial charge in [0.05, 0.1) is 0 Å². The standard InChI is InChI=1S/C10H21N3O/c1-10(2,14-4)9(11)13-7-5-12(3)6-8-13/h11H,5-8H2,1-4H3. The molecule has 0 spiro atoms. The van der Waals surface area contributed by atoms with E-state index in [4.69, 9.17) is 10.1 Å². The van der Waals surface area contributed by atoms with E-state index in [1.807, 2.05) is 13.8 Å². The molecule has 1 aliphatic rings. The largest absolute Gasteiger partial charge is 0.371 e. The van der Waals surface area contributed by atoms with Crippen LogP contribution in [0.2, 0.25) is 0 Å². The summed E-state index contributed by atoms with van der Waals surface area (Å²) in [7, 11) is 3.77. The molecule has 0 unspecified atom stereocenters. The minimum absolute atomic E-state index is 0.462. The summed E-state index contributed by atoms with van der Waals surface area (Å²) in [5.41, 5.74) is -0.462. The Morgan fingerprint density at radius 3 is 2.14 bits per heavy atom. The van der Waals surface area contributed by atoms with E-state index in [9.17, 15) is 0 Å². The van der Waals surface area contributed by atoms with Crippen LogP contribution in [0.15, 0.2) is 0 Å². The lowest BCUT2D eigenvalue weighted by Crippen LogP contribution is -2.53. The summed E-state index contributed by atoms with van der Waals surface area (Å²) in [6.07, 6.45) is 0. The van der Waals surface area contributed by atoms with Gasteiger partial charge in [-0.1, -0.05) is 0 Å². The molecule has 0 atom stereocenters. The molecule has 0 saturated carbocycles. The molecule has 0 aliphatic carbocycles. The zero-order valence-corrected chi connectivity index (χ0v) is 9.63. The Kier molecular flexibility index (Phi) is 3.50. The average molecular weight is 199 g/mol. The fourth-order valence-electron chi connectivity index (χ4n) is 1.51. The van der Waals surface area contributed by atoms with E-state index in [1.54, 1.807) is 7.11 Å². The first-order valence-electron chi connectivity index (χ1n) is 5.05. The molecule has 1 fully saturated rings. The Bertz CT molecular complexity index is 207. The summed E-state index contributed by atoms with van der Waals surface area (Å²) < 4.78 is 5.30.